The molecule has 1 atom stereocenters. The Morgan fingerprint density at radius 3 is 2.32 bits per heavy atom. The van der Waals surface area contributed by atoms with Gasteiger partial charge in [0.05, 0.1) is 6.04 Å². The molecule has 0 spiro atoms. The number of nitrogens with zero attached hydrogens (tertiary/aromatic N) is 1. The van der Waals surface area contributed by atoms with Crippen molar-refractivity contribution in [3.8, 4) is 0 Å². The zero-order valence-electron chi connectivity index (χ0n) is 11.9. The van der Waals surface area contributed by atoms with Gasteiger partial charge in [0.2, 0.25) is 17.7 Å². The third-order valence-corrected chi connectivity index (χ3v) is 3.23. The Kier molecular flexibility index (Phi) is 5.05. The standard InChI is InChI=1S/C13H23N3O3/c1-13(2,3)11(14)12(19)15-7-4-8-16-9(17)5-6-10(16)18/h11H,4-8,14H2,1-3H3,(H,15,19)/t11-/m1/s1. The molecule has 1 aliphatic heterocycles. The molecule has 0 aliphatic carbocycles. The van der Waals surface area contributed by atoms with Gasteiger partial charge >= 0.3 is 0 Å². The maximum Gasteiger partial charge on any atom is 0.237 e. The number of carbonyl (C=O) groups excluding carboxylic acids is 3. The molecule has 0 aromatic carbocycles. The van der Waals surface area contributed by atoms with E-state index < -0.39 is 6.04 Å². The topological polar surface area (TPSA) is 92.5 Å². The second kappa shape index (κ2) is 6.14. The normalized spacial score (nSPS) is 17.8. The van der Waals surface area contributed by atoms with Crippen LogP contribution in [-0.2, 0) is 14.4 Å². The Morgan fingerprint density at radius 2 is 1.84 bits per heavy atom. The first-order valence-corrected chi connectivity index (χ1v) is 6.60. The molecular weight excluding hydrogens is 246 g/mol. The monoisotopic (exact) mass is 269 g/mol. The van der Waals surface area contributed by atoms with Gasteiger partial charge in [0.1, 0.15) is 0 Å². The summed E-state index contributed by atoms with van der Waals surface area (Å²) < 4.78 is 0. The van der Waals surface area contributed by atoms with Gasteiger partial charge in [-0.25, -0.2) is 0 Å². The summed E-state index contributed by atoms with van der Waals surface area (Å²) in [6.07, 6.45) is 1.17. The zero-order valence-corrected chi connectivity index (χ0v) is 11.9. The first-order valence-electron chi connectivity index (χ1n) is 6.60. The maximum atomic E-state index is 11.7. The number of rotatable bonds is 5. The lowest BCUT2D eigenvalue weighted by atomic mass is 9.87. The van der Waals surface area contributed by atoms with Gasteiger partial charge < -0.3 is 11.1 Å². The van der Waals surface area contributed by atoms with Gasteiger partial charge in [0, 0.05) is 25.9 Å². The van der Waals surface area contributed by atoms with Crippen LogP contribution in [0.15, 0.2) is 0 Å². The Morgan fingerprint density at radius 1 is 1.32 bits per heavy atom. The average Bonchev–Trinajstić information content (AvgIpc) is 2.63. The molecule has 108 valence electrons. The SMILES string of the molecule is CC(C)(C)[C@H](N)C(=O)NCCCN1C(=O)CCC1=O. The van der Waals surface area contributed by atoms with Gasteiger partial charge in [-0.1, -0.05) is 20.8 Å². The van der Waals surface area contributed by atoms with E-state index in [1.54, 1.807) is 0 Å². The van der Waals surface area contributed by atoms with Crippen molar-refractivity contribution in [3.63, 3.8) is 0 Å². The van der Waals surface area contributed by atoms with Crippen molar-refractivity contribution < 1.29 is 14.4 Å². The van der Waals surface area contributed by atoms with E-state index in [4.69, 9.17) is 5.73 Å². The lowest BCUT2D eigenvalue weighted by Crippen LogP contribution is -2.49. The van der Waals surface area contributed by atoms with E-state index in [1.807, 2.05) is 20.8 Å². The van der Waals surface area contributed by atoms with Gasteiger partial charge in [0.25, 0.3) is 0 Å². The first kappa shape index (κ1) is 15.6. The van der Waals surface area contributed by atoms with Gasteiger partial charge in [-0.15, -0.1) is 0 Å². The molecule has 1 saturated heterocycles. The van der Waals surface area contributed by atoms with Crippen molar-refractivity contribution in [1.29, 1.82) is 0 Å². The third-order valence-electron chi connectivity index (χ3n) is 3.23. The van der Waals surface area contributed by atoms with Crippen molar-refractivity contribution in [2.45, 2.75) is 46.1 Å². The van der Waals surface area contributed by atoms with Gasteiger partial charge in [-0.3, -0.25) is 19.3 Å². The summed E-state index contributed by atoms with van der Waals surface area (Å²) in [5, 5.41) is 2.73. The zero-order chi connectivity index (χ0) is 14.6. The molecule has 1 aliphatic rings. The molecule has 3 amide bonds. The van der Waals surface area contributed by atoms with Crippen LogP contribution in [-0.4, -0.2) is 41.8 Å². The van der Waals surface area contributed by atoms with E-state index >= 15 is 0 Å². The minimum Gasteiger partial charge on any atom is -0.355 e. The van der Waals surface area contributed by atoms with Gasteiger partial charge in [0.15, 0.2) is 0 Å². The number of carbonyl (C=O) groups is 3. The molecule has 0 radical (unpaired) electrons. The number of nitrogens with one attached hydrogen (secondary N) is 1. The molecule has 0 saturated carbocycles. The Hall–Kier alpha value is -1.43. The van der Waals surface area contributed by atoms with E-state index in [0.717, 1.165) is 0 Å². The van der Waals surface area contributed by atoms with E-state index in [9.17, 15) is 14.4 Å². The average molecular weight is 269 g/mol. The fourth-order valence-corrected chi connectivity index (χ4v) is 1.82. The van der Waals surface area contributed by atoms with Crippen LogP contribution in [0.1, 0.15) is 40.0 Å². The first-order chi connectivity index (χ1) is 8.73. The van der Waals surface area contributed by atoms with Crippen molar-refractivity contribution in [2.75, 3.05) is 13.1 Å². The summed E-state index contributed by atoms with van der Waals surface area (Å²) in [6, 6.07) is -0.567. The summed E-state index contributed by atoms with van der Waals surface area (Å²) in [7, 11) is 0. The van der Waals surface area contributed by atoms with Crippen LogP contribution in [0.5, 0.6) is 0 Å². The highest BCUT2D eigenvalue weighted by Crippen LogP contribution is 2.17. The van der Waals surface area contributed by atoms with Gasteiger partial charge in [-0.05, 0) is 11.8 Å². The number of nitrogens with two attached hydrogens (primary N) is 1. The highest BCUT2D eigenvalue weighted by atomic mass is 16.2. The van der Waals surface area contributed by atoms with Crippen molar-refractivity contribution in [1.82, 2.24) is 10.2 Å². The van der Waals surface area contributed by atoms with E-state index in [1.165, 1.54) is 4.90 Å². The minimum atomic E-state index is -0.567. The molecule has 1 fully saturated rings. The van der Waals surface area contributed by atoms with E-state index in [0.29, 0.717) is 32.4 Å². The summed E-state index contributed by atoms with van der Waals surface area (Å²) >= 11 is 0. The van der Waals surface area contributed by atoms with Crippen LogP contribution in [0.3, 0.4) is 0 Å². The molecule has 6 heteroatoms. The minimum absolute atomic E-state index is 0.122. The number of hydrogen-bond donors (Lipinski definition) is 2. The van der Waals surface area contributed by atoms with E-state index in [2.05, 4.69) is 5.32 Å². The summed E-state index contributed by atoms with van der Waals surface area (Å²) in [6.45, 7) is 6.48. The van der Waals surface area contributed by atoms with Crippen LogP contribution in [0.2, 0.25) is 0 Å². The van der Waals surface area contributed by atoms with Crippen LogP contribution < -0.4 is 11.1 Å². The second-order valence-electron chi connectivity index (χ2n) is 5.93. The number of likely N-dealkylation sites (tertiary alicyclic amines) is 1. The number of imide groups is 1. The molecular formula is C13H23N3O3. The quantitative estimate of drug-likeness (QED) is 0.543. The van der Waals surface area contributed by atoms with Crippen molar-refractivity contribution in [2.24, 2.45) is 11.1 Å². The summed E-state index contributed by atoms with van der Waals surface area (Å²) in [5.41, 5.74) is 5.53. The Labute approximate surface area is 113 Å². The van der Waals surface area contributed by atoms with Crippen molar-refractivity contribution >= 4 is 17.7 Å². The largest absolute Gasteiger partial charge is 0.355 e. The van der Waals surface area contributed by atoms with Crippen molar-refractivity contribution in [3.05, 3.63) is 0 Å². The lowest BCUT2D eigenvalue weighted by Gasteiger charge is -2.25. The Bertz CT molecular complexity index is 358. The molecule has 0 aromatic heterocycles. The fraction of sp³-hybridized carbons (Fsp3) is 0.769. The molecule has 3 N–H and O–H groups in total. The molecule has 0 unspecified atom stereocenters. The molecule has 1 heterocycles. The number of hydrogen-bond acceptors (Lipinski definition) is 4. The highest BCUT2D eigenvalue weighted by molar-refractivity contribution is 6.01. The molecule has 0 aromatic rings. The predicted molar refractivity (Wildman–Crippen MR) is 71.0 cm³/mol. The number of amides is 3. The summed E-state index contributed by atoms with van der Waals surface area (Å²) in [4.78, 5) is 35.7. The lowest BCUT2D eigenvalue weighted by molar-refractivity contribution is -0.138. The molecule has 0 bridgehead atoms. The van der Waals surface area contributed by atoms with Crippen LogP contribution in [0.25, 0.3) is 0 Å². The third kappa shape index (κ3) is 4.31. The second-order valence-corrected chi connectivity index (χ2v) is 5.93. The van der Waals surface area contributed by atoms with Crippen LogP contribution in [0.4, 0.5) is 0 Å². The molecule has 6 nitrogen and oxygen atoms in total. The van der Waals surface area contributed by atoms with E-state index in [-0.39, 0.29) is 23.1 Å². The van der Waals surface area contributed by atoms with Crippen LogP contribution >= 0.6 is 0 Å². The van der Waals surface area contributed by atoms with Crippen LogP contribution in [0, 0.1) is 5.41 Å². The molecule has 19 heavy (non-hydrogen) atoms. The smallest absolute Gasteiger partial charge is 0.237 e. The van der Waals surface area contributed by atoms with Gasteiger partial charge in [-0.2, -0.15) is 0 Å². The fourth-order valence-electron chi connectivity index (χ4n) is 1.82. The highest BCUT2D eigenvalue weighted by Gasteiger charge is 2.29. The summed E-state index contributed by atoms with van der Waals surface area (Å²) in [5.74, 6) is -0.447. The predicted octanol–water partition coefficient (Wildman–Crippen LogP) is 0.0151. The Balaban J connectivity index is 2.26. The molecule has 1 rings (SSSR count). The maximum absolute atomic E-state index is 11.7.